The first kappa shape index (κ1) is 21.2. The van der Waals surface area contributed by atoms with E-state index in [9.17, 15) is 13.2 Å². The number of amides is 1. The van der Waals surface area contributed by atoms with Gasteiger partial charge >= 0.3 is 0 Å². The van der Waals surface area contributed by atoms with Gasteiger partial charge in [0.05, 0.1) is 10.6 Å². The summed E-state index contributed by atoms with van der Waals surface area (Å²) in [5.74, 6) is 0.162. The molecule has 0 bridgehead atoms. The summed E-state index contributed by atoms with van der Waals surface area (Å²) in [6.07, 6.45) is 0.886. The summed E-state index contributed by atoms with van der Waals surface area (Å²) in [6, 6.07) is 15.1. The van der Waals surface area contributed by atoms with Gasteiger partial charge in [0, 0.05) is 25.7 Å². The first-order chi connectivity index (χ1) is 12.4. The number of carbonyl (C=O) groups excluding carboxylic acids is 1. The number of nitrogens with zero attached hydrogens (tertiary/aromatic N) is 2. The van der Waals surface area contributed by atoms with Crippen molar-refractivity contribution in [2.75, 3.05) is 31.0 Å². The molecule has 0 radical (unpaired) electrons. The van der Waals surface area contributed by atoms with Crippen molar-refractivity contribution in [1.29, 1.82) is 0 Å². The lowest BCUT2D eigenvalue weighted by Crippen LogP contribution is -2.30. The van der Waals surface area contributed by atoms with Crippen LogP contribution in [0.15, 0.2) is 59.5 Å². The smallest absolute Gasteiger partial charge is 0.264 e. The van der Waals surface area contributed by atoms with Crippen molar-refractivity contribution in [3.63, 3.8) is 0 Å². The highest BCUT2D eigenvalue weighted by atomic mass is 35.5. The standard InChI is InChI=1S/C19H23N3O3S.ClH/c1-21(17-7-3-2-4-8-17)26(24,25)18-9-5-6-16(12-18)19(23)22-11-10-15(13-20)14-22;/h2-9,12,15H,10-11,13-14,20H2,1H3;1H. The fourth-order valence-corrected chi connectivity index (χ4v) is 4.36. The fraction of sp³-hybridized carbons (Fsp3) is 0.316. The highest BCUT2D eigenvalue weighted by molar-refractivity contribution is 7.92. The van der Waals surface area contributed by atoms with Gasteiger partial charge in [-0.05, 0) is 49.2 Å². The minimum atomic E-state index is -3.74. The highest BCUT2D eigenvalue weighted by Crippen LogP contribution is 2.24. The minimum Gasteiger partial charge on any atom is -0.338 e. The molecule has 146 valence electrons. The van der Waals surface area contributed by atoms with Crippen molar-refractivity contribution in [3.05, 3.63) is 60.2 Å². The van der Waals surface area contributed by atoms with Gasteiger partial charge in [0.1, 0.15) is 0 Å². The third-order valence-electron chi connectivity index (χ3n) is 4.77. The Hall–Kier alpha value is -2.09. The molecule has 1 atom stereocenters. The summed E-state index contributed by atoms with van der Waals surface area (Å²) < 4.78 is 27.0. The number of likely N-dealkylation sites (tertiary alicyclic amines) is 1. The van der Waals surface area contributed by atoms with Crippen molar-refractivity contribution >= 4 is 34.0 Å². The number of hydrogen-bond donors (Lipinski definition) is 1. The molecule has 0 aromatic heterocycles. The van der Waals surface area contributed by atoms with E-state index in [1.807, 2.05) is 6.07 Å². The van der Waals surface area contributed by atoms with E-state index in [2.05, 4.69) is 0 Å². The molecule has 6 nitrogen and oxygen atoms in total. The predicted octanol–water partition coefficient (Wildman–Crippen LogP) is 2.35. The molecule has 2 aromatic rings. The minimum absolute atomic E-state index is 0. The normalized spacial score (nSPS) is 16.7. The van der Waals surface area contributed by atoms with Gasteiger partial charge in [0.2, 0.25) is 0 Å². The summed E-state index contributed by atoms with van der Waals surface area (Å²) in [5, 5.41) is 0. The topological polar surface area (TPSA) is 83.7 Å². The number of hydrogen-bond acceptors (Lipinski definition) is 4. The van der Waals surface area contributed by atoms with Crippen LogP contribution in [0.1, 0.15) is 16.8 Å². The molecule has 0 spiro atoms. The van der Waals surface area contributed by atoms with Crippen LogP contribution >= 0.6 is 12.4 Å². The van der Waals surface area contributed by atoms with Gasteiger partial charge < -0.3 is 10.6 Å². The molecule has 1 aliphatic heterocycles. The van der Waals surface area contributed by atoms with E-state index < -0.39 is 10.0 Å². The summed E-state index contributed by atoms with van der Waals surface area (Å²) >= 11 is 0. The molecule has 8 heteroatoms. The molecule has 1 fully saturated rings. The van der Waals surface area contributed by atoms with Crippen molar-refractivity contribution < 1.29 is 13.2 Å². The molecule has 1 unspecified atom stereocenters. The van der Waals surface area contributed by atoms with Crippen LogP contribution in [-0.2, 0) is 10.0 Å². The highest BCUT2D eigenvalue weighted by Gasteiger charge is 2.27. The maximum atomic E-state index is 12.9. The van der Waals surface area contributed by atoms with Crippen LogP contribution < -0.4 is 10.0 Å². The maximum Gasteiger partial charge on any atom is 0.264 e. The van der Waals surface area contributed by atoms with E-state index in [1.54, 1.807) is 41.3 Å². The molecule has 0 saturated carbocycles. The Morgan fingerprint density at radius 3 is 2.52 bits per heavy atom. The van der Waals surface area contributed by atoms with E-state index in [0.29, 0.717) is 36.8 Å². The molecule has 0 aliphatic carbocycles. The maximum absolute atomic E-state index is 12.9. The Morgan fingerprint density at radius 2 is 1.89 bits per heavy atom. The van der Waals surface area contributed by atoms with Crippen LogP contribution in [0.3, 0.4) is 0 Å². The summed E-state index contributed by atoms with van der Waals surface area (Å²) in [7, 11) is -2.24. The Kier molecular flexibility index (Phi) is 6.86. The van der Waals surface area contributed by atoms with Gasteiger partial charge in [-0.15, -0.1) is 12.4 Å². The van der Waals surface area contributed by atoms with E-state index in [4.69, 9.17) is 5.73 Å². The monoisotopic (exact) mass is 409 g/mol. The third-order valence-corrected chi connectivity index (χ3v) is 6.55. The lowest BCUT2D eigenvalue weighted by atomic mass is 10.1. The van der Waals surface area contributed by atoms with Gasteiger partial charge in [-0.3, -0.25) is 9.10 Å². The molecule has 27 heavy (non-hydrogen) atoms. The number of sulfonamides is 1. The molecule has 2 aromatic carbocycles. The molecule has 1 saturated heterocycles. The lowest BCUT2D eigenvalue weighted by Gasteiger charge is -2.20. The van der Waals surface area contributed by atoms with Crippen molar-refractivity contribution in [2.45, 2.75) is 11.3 Å². The second-order valence-corrected chi connectivity index (χ2v) is 8.45. The van der Waals surface area contributed by atoms with Crippen molar-refractivity contribution in [2.24, 2.45) is 11.7 Å². The zero-order valence-corrected chi connectivity index (χ0v) is 16.7. The predicted molar refractivity (Wildman–Crippen MR) is 109 cm³/mol. The Bertz CT molecular complexity index is 890. The molecule has 1 aliphatic rings. The molecular weight excluding hydrogens is 386 g/mol. The van der Waals surface area contributed by atoms with E-state index in [-0.39, 0.29) is 23.2 Å². The van der Waals surface area contributed by atoms with Crippen molar-refractivity contribution in [1.82, 2.24) is 4.90 Å². The van der Waals surface area contributed by atoms with Gasteiger partial charge in [0.15, 0.2) is 0 Å². The first-order valence-corrected chi connectivity index (χ1v) is 10.0. The first-order valence-electron chi connectivity index (χ1n) is 8.57. The van der Waals surface area contributed by atoms with Crippen LogP contribution in [0.2, 0.25) is 0 Å². The molecule has 3 rings (SSSR count). The van der Waals surface area contributed by atoms with E-state index in [1.165, 1.54) is 23.5 Å². The van der Waals surface area contributed by atoms with Crippen molar-refractivity contribution in [3.8, 4) is 0 Å². The van der Waals surface area contributed by atoms with Gasteiger partial charge in [-0.2, -0.15) is 0 Å². The summed E-state index contributed by atoms with van der Waals surface area (Å²) in [6.45, 7) is 1.83. The van der Waals surface area contributed by atoms with Crippen LogP contribution in [0.4, 0.5) is 5.69 Å². The van der Waals surface area contributed by atoms with Crippen LogP contribution in [0.5, 0.6) is 0 Å². The number of para-hydroxylation sites is 1. The number of rotatable bonds is 5. The second kappa shape index (κ2) is 8.73. The third kappa shape index (κ3) is 4.43. The molecule has 1 amide bonds. The second-order valence-electron chi connectivity index (χ2n) is 6.48. The van der Waals surface area contributed by atoms with Gasteiger partial charge in [-0.1, -0.05) is 24.3 Å². The van der Waals surface area contributed by atoms with Crippen LogP contribution in [0.25, 0.3) is 0 Å². The number of carbonyl (C=O) groups is 1. The van der Waals surface area contributed by atoms with Crippen LogP contribution in [-0.4, -0.2) is 45.9 Å². The number of nitrogens with two attached hydrogens (primary N) is 1. The molecule has 1 heterocycles. The summed E-state index contributed by atoms with van der Waals surface area (Å²) in [5.41, 5.74) is 6.63. The number of anilines is 1. The van der Waals surface area contributed by atoms with Gasteiger partial charge in [0.25, 0.3) is 15.9 Å². The number of halogens is 1. The molecular formula is C19H24ClN3O3S. The summed E-state index contributed by atoms with van der Waals surface area (Å²) in [4.78, 5) is 14.5. The Balaban J connectivity index is 0.00000261. The number of benzene rings is 2. The Morgan fingerprint density at radius 1 is 1.19 bits per heavy atom. The molecule has 2 N–H and O–H groups in total. The van der Waals surface area contributed by atoms with Gasteiger partial charge in [-0.25, -0.2) is 8.42 Å². The lowest BCUT2D eigenvalue weighted by molar-refractivity contribution is 0.0787. The van der Waals surface area contributed by atoms with Crippen LogP contribution in [0, 0.1) is 5.92 Å². The average molecular weight is 410 g/mol. The zero-order valence-electron chi connectivity index (χ0n) is 15.1. The van der Waals surface area contributed by atoms with E-state index in [0.717, 1.165) is 6.42 Å². The zero-order chi connectivity index (χ0) is 18.7. The Labute approximate surface area is 166 Å². The quantitative estimate of drug-likeness (QED) is 0.821. The SMILES string of the molecule is CN(c1ccccc1)S(=O)(=O)c1cccc(C(=O)N2CCC(CN)C2)c1.Cl. The fourth-order valence-electron chi connectivity index (χ4n) is 3.12. The average Bonchev–Trinajstić information content (AvgIpc) is 3.17. The largest absolute Gasteiger partial charge is 0.338 e. The van der Waals surface area contributed by atoms with E-state index >= 15 is 0 Å².